The molecule has 3 aromatic heterocycles. The number of carbonyl (C=O) groups excluding carboxylic acids is 1. The van der Waals surface area contributed by atoms with E-state index in [1.807, 2.05) is 25.7 Å². The lowest BCUT2D eigenvalue weighted by atomic mass is 9.95. The van der Waals surface area contributed by atoms with Crippen LogP contribution in [-0.2, 0) is 0 Å². The zero-order valence-corrected chi connectivity index (χ0v) is 15.7. The van der Waals surface area contributed by atoms with Gasteiger partial charge in [0.2, 0.25) is 0 Å². The normalized spacial score (nSPS) is 18.5. The van der Waals surface area contributed by atoms with Gasteiger partial charge in [-0.15, -0.1) is 22.7 Å². The van der Waals surface area contributed by atoms with E-state index in [9.17, 15) is 4.79 Å². The summed E-state index contributed by atoms with van der Waals surface area (Å²) in [5, 5.41) is 3.05. The summed E-state index contributed by atoms with van der Waals surface area (Å²) in [6.45, 7) is 7.49. The number of aromatic nitrogens is 3. The number of imidazole rings is 1. The molecule has 5 nitrogen and oxygen atoms in total. The molecule has 1 amide bonds. The van der Waals surface area contributed by atoms with Crippen LogP contribution in [0.5, 0.6) is 0 Å². The van der Waals surface area contributed by atoms with Crippen LogP contribution in [0.15, 0.2) is 11.6 Å². The van der Waals surface area contributed by atoms with Crippen LogP contribution in [0.3, 0.4) is 0 Å². The van der Waals surface area contributed by atoms with Gasteiger partial charge in [-0.05, 0) is 33.6 Å². The van der Waals surface area contributed by atoms with Crippen molar-refractivity contribution in [1.29, 1.82) is 0 Å². The lowest BCUT2D eigenvalue weighted by Gasteiger charge is -2.31. The number of hydrogen-bond donors (Lipinski definition) is 0. The van der Waals surface area contributed by atoms with Gasteiger partial charge in [0.05, 0.1) is 16.4 Å². The Morgan fingerprint density at radius 2 is 2.12 bits per heavy atom. The quantitative estimate of drug-likeness (QED) is 0.698. The fourth-order valence-electron chi connectivity index (χ4n) is 3.52. The van der Waals surface area contributed by atoms with Gasteiger partial charge in [-0.2, -0.15) is 0 Å². The monoisotopic (exact) mass is 360 g/mol. The highest BCUT2D eigenvalue weighted by atomic mass is 32.1. The van der Waals surface area contributed by atoms with Crippen molar-refractivity contribution in [1.82, 2.24) is 19.3 Å². The summed E-state index contributed by atoms with van der Waals surface area (Å²) < 4.78 is 2.15. The first kappa shape index (κ1) is 15.8. The van der Waals surface area contributed by atoms with E-state index < -0.39 is 0 Å². The smallest absolute Gasteiger partial charge is 0.265 e. The summed E-state index contributed by atoms with van der Waals surface area (Å²) in [6, 6.07) is 0. The fraction of sp³-hybridized carbons (Fsp3) is 0.471. The number of fused-ring (bicyclic) bond motifs is 1. The molecule has 0 spiro atoms. The Morgan fingerprint density at radius 1 is 1.29 bits per heavy atom. The van der Waals surface area contributed by atoms with Gasteiger partial charge in [0, 0.05) is 30.6 Å². The summed E-state index contributed by atoms with van der Waals surface area (Å²) in [5.74, 6) is 1.47. The van der Waals surface area contributed by atoms with E-state index in [0.717, 1.165) is 53.0 Å². The van der Waals surface area contributed by atoms with Crippen molar-refractivity contribution in [3.63, 3.8) is 0 Å². The molecule has 0 bridgehead atoms. The minimum absolute atomic E-state index is 0.126. The first-order valence-electron chi connectivity index (χ1n) is 8.20. The SMILES string of the molecule is Cc1nc(C)c(C(=O)N2CCC[C@H](c3nc(C)n4ccsc34)C2)s1. The van der Waals surface area contributed by atoms with Crippen molar-refractivity contribution in [2.45, 2.75) is 39.5 Å². The van der Waals surface area contributed by atoms with Crippen LogP contribution in [0, 0.1) is 20.8 Å². The molecule has 1 saturated heterocycles. The number of piperidine rings is 1. The maximum absolute atomic E-state index is 12.9. The topological polar surface area (TPSA) is 50.5 Å². The predicted molar refractivity (Wildman–Crippen MR) is 97.3 cm³/mol. The zero-order valence-electron chi connectivity index (χ0n) is 14.1. The first-order chi connectivity index (χ1) is 11.5. The number of likely N-dealkylation sites (tertiary alicyclic amines) is 1. The maximum atomic E-state index is 12.9. The van der Waals surface area contributed by atoms with Crippen LogP contribution >= 0.6 is 22.7 Å². The number of rotatable bonds is 2. The van der Waals surface area contributed by atoms with E-state index in [1.54, 1.807) is 11.3 Å². The third kappa shape index (κ3) is 2.56. The third-order valence-corrected chi connectivity index (χ3v) is 6.60. The van der Waals surface area contributed by atoms with Gasteiger partial charge in [0.1, 0.15) is 15.5 Å². The summed E-state index contributed by atoms with van der Waals surface area (Å²) in [6.07, 6.45) is 4.19. The van der Waals surface area contributed by atoms with Gasteiger partial charge < -0.3 is 4.90 Å². The molecule has 1 aliphatic rings. The Morgan fingerprint density at radius 3 is 2.88 bits per heavy atom. The number of carbonyl (C=O) groups is 1. The van der Waals surface area contributed by atoms with Gasteiger partial charge in [-0.3, -0.25) is 9.20 Å². The minimum Gasteiger partial charge on any atom is -0.337 e. The standard InChI is InChI=1S/C17H20N4OS2/c1-10-15(24-12(3)18-10)16(22)20-6-4-5-13(9-20)14-17-21(7-8-23-17)11(2)19-14/h7-8,13H,4-6,9H2,1-3H3/t13-/m0/s1. The second kappa shape index (κ2) is 5.97. The molecule has 0 radical (unpaired) electrons. The van der Waals surface area contributed by atoms with E-state index in [1.165, 1.54) is 16.2 Å². The van der Waals surface area contributed by atoms with Crippen LogP contribution in [0.4, 0.5) is 0 Å². The molecule has 1 fully saturated rings. The fourth-order valence-corrected chi connectivity index (χ4v) is 5.36. The van der Waals surface area contributed by atoms with Gasteiger partial charge in [0.15, 0.2) is 0 Å². The molecule has 0 N–H and O–H groups in total. The first-order valence-corrected chi connectivity index (χ1v) is 9.89. The molecule has 126 valence electrons. The Labute approximate surface area is 149 Å². The minimum atomic E-state index is 0.126. The number of thiazole rings is 2. The summed E-state index contributed by atoms with van der Waals surface area (Å²) in [7, 11) is 0. The molecule has 0 aliphatic carbocycles. The Hall–Kier alpha value is -1.73. The summed E-state index contributed by atoms with van der Waals surface area (Å²) in [5.41, 5.74) is 2.00. The summed E-state index contributed by atoms with van der Waals surface area (Å²) in [4.78, 5) is 26.1. The number of nitrogens with zero attached hydrogens (tertiary/aromatic N) is 4. The molecule has 1 atom stereocenters. The molecule has 0 unspecified atom stereocenters. The van der Waals surface area contributed by atoms with Crippen molar-refractivity contribution in [2.24, 2.45) is 0 Å². The largest absolute Gasteiger partial charge is 0.337 e. The van der Waals surface area contributed by atoms with Crippen molar-refractivity contribution in [2.75, 3.05) is 13.1 Å². The molecular formula is C17H20N4OS2. The van der Waals surface area contributed by atoms with Crippen LogP contribution in [0.2, 0.25) is 0 Å². The van der Waals surface area contributed by atoms with Crippen LogP contribution < -0.4 is 0 Å². The lowest BCUT2D eigenvalue weighted by Crippen LogP contribution is -2.39. The average Bonchev–Trinajstić information content (AvgIpc) is 3.24. The van der Waals surface area contributed by atoms with Crippen molar-refractivity contribution in [3.05, 3.63) is 38.7 Å². The highest BCUT2D eigenvalue weighted by Crippen LogP contribution is 2.33. The number of hydrogen-bond acceptors (Lipinski definition) is 5. The number of amides is 1. The van der Waals surface area contributed by atoms with Gasteiger partial charge in [-0.1, -0.05) is 0 Å². The molecule has 3 aromatic rings. The van der Waals surface area contributed by atoms with Gasteiger partial charge in [-0.25, -0.2) is 9.97 Å². The molecule has 1 aliphatic heterocycles. The molecular weight excluding hydrogens is 340 g/mol. The second-order valence-electron chi connectivity index (χ2n) is 6.36. The molecule has 7 heteroatoms. The van der Waals surface area contributed by atoms with Crippen molar-refractivity contribution >= 4 is 33.4 Å². The van der Waals surface area contributed by atoms with E-state index >= 15 is 0 Å². The van der Waals surface area contributed by atoms with E-state index in [-0.39, 0.29) is 5.91 Å². The van der Waals surface area contributed by atoms with Crippen molar-refractivity contribution < 1.29 is 4.79 Å². The molecule has 24 heavy (non-hydrogen) atoms. The zero-order chi connectivity index (χ0) is 16.8. The molecule has 0 aromatic carbocycles. The summed E-state index contributed by atoms with van der Waals surface area (Å²) >= 11 is 3.23. The number of aryl methyl sites for hydroxylation is 3. The third-order valence-electron chi connectivity index (χ3n) is 4.65. The van der Waals surface area contributed by atoms with Crippen LogP contribution in [0.25, 0.3) is 4.83 Å². The predicted octanol–water partition coefficient (Wildman–Crippen LogP) is 3.80. The molecule has 4 heterocycles. The van der Waals surface area contributed by atoms with E-state index in [2.05, 4.69) is 21.0 Å². The van der Waals surface area contributed by atoms with Gasteiger partial charge >= 0.3 is 0 Å². The highest BCUT2D eigenvalue weighted by Gasteiger charge is 2.30. The molecule has 0 saturated carbocycles. The Bertz CT molecular complexity index is 907. The Balaban J connectivity index is 1.61. The van der Waals surface area contributed by atoms with Crippen LogP contribution in [0.1, 0.15) is 50.7 Å². The van der Waals surface area contributed by atoms with E-state index in [0.29, 0.717) is 5.92 Å². The molecule has 4 rings (SSSR count). The maximum Gasteiger partial charge on any atom is 0.265 e. The highest BCUT2D eigenvalue weighted by molar-refractivity contribution is 7.15. The van der Waals surface area contributed by atoms with Crippen LogP contribution in [-0.4, -0.2) is 38.3 Å². The lowest BCUT2D eigenvalue weighted by molar-refractivity contribution is 0.0710. The Kier molecular flexibility index (Phi) is 3.92. The van der Waals surface area contributed by atoms with E-state index in [4.69, 9.17) is 4.98 Å². The van der Waals surface area contributed by atoms with Gasteiger partial charge in [0.25, 0.3) is 5.91 Å². The second-order valence-corrected chi connectivity index (χ2v) is 8.46. The average molecular weight is 361 g/mol. The van der Waals surface area contributed by atoms with Crippen molar-refractivity contribution in [3.8, 4) is 0 Å².